The second-order valence-corrected chi connectivity index (χ2v) is 8.74. The van der Waals surface area contributed by atoms with Crippen molar-refractivity contribution in [3.8, 4) is 22.4 Å². The summed E-state index contributed by atoms with van der Waals surface area (Å²) in [6, 6.07) is 11.7. The van der Waals surface area contributed by atoms with Crippen LogP contribution in [-0.4, -0.2) is 44.5 Å². The predicted molar refractivity (Wildman–Crippen MR) is 134 cm³/mol. The molecule has 0 saturated heterocycles. The van der Waals surface area contributed by atoms with Crippen molar-refractivity contribution in [1.29, 1.82) is 0 Å². The fraction of sp³-hybridized carbons (Fsp3) is 0.192. The third-order valence-corrected chi connectivity index (χ3v) is 6.35. The van der Waals surface area contributed by atoms with Gasteiger partial charge in [-0.25, -0.2) is 4.98 Å². The number of anilines is 1. The van der Waals surface area contributed by atoms with Crippen molar-refractivity contribution in [1.82, 2.24) is 25.5 Å². The molecule has 0 radical (unpaired) electrons. The van der Waals surface area contributed by atoms with E-state index in [0.29, 0.717) is 29.2 Å². The van der Waals surface area contributed by atoms with Gasteiger partial charge in [-0.1, -0.05) is 24.3 Å². The van der Waals surface area contributed by atoms with E-state index in [9.17, 15) is 9.59 Å². The van der Waals surface area contributed by atoms with Crippen LogP contribution in [0.4, 0.5) is 5.82 Å². The molecule has 9 nitrogen and oxygen atoms in total. The number of aromatic nitrogens is 4. The average Bonchev–Trinajstić information content (AvgIpc) is 3.47. The summed E-state index contributed by atoms with van der Waals surface area (Å²) in [4.78, 5) is 33.4. The molecule has 3 aromatic heterocycles. The summed E-state index contributed by atoms with van der Waals surface area (Å²) in [6.07, 6.45) is 3.60. The molecule has 176 valence electrons. The van der Waals surface area contributed by atoms with Crippen LogP contribution in [0.25, 0.3) is 22.4 Å². The zero-order chi connectivity index (χ0) is 24.7. The van der Waals surface area contributed by atoms with Gasteiger partial charge in [0.15, 0.2) is 12.5 Å². The minimum absolute atomic E-state index is 0.135. The zero-order valence-electron chi connectivity index (χ0n) is 19.8. The Hall–Kier alpha value is -4.53. The minimum atomic E-state index is -0.261. The Morgan fingerprint density at radius 2 is 1.91 bits per heavy atom. The molecule has 9 heteroatoms. The number of hydrogen-bond donors (Lipinski definition) is 3. The van der Waals surface area contributed by atoms with E-state index in [1.165, 1.54) is 0 Å². The number of carbonyl (C=O) groups is 1. The molecule has 1 amide bonds. The summed E-state index contributed by atoms with van der Waals surface area (Å²) in [6.45, 7) is 8.34. The van der Waals surface area contributed by atoms with Gasteiger partial charge in [0, 0.05) is 35.1 Å². The smallest absolute Gasteiger partial charge is 0.253 e. The van der Waals surface area contributed by atoms with E-state index in [4.69, 9.17) is 4.98 Å². The molecule has 0 aliphatic carbocycles. The van der Waals surface area contributed by atoms with Gasteiger partial charge in [0.1, 0.15) is 0 Å². The SMILES string of the molecule is C=[N+]1Cc2c(C(=O)NCc3c(C)cc(C)[nH]c3=O)cc(-c3ccc(-c4cn[nH]c4)cc3)nc2N1C. The van der Waals surface area contributed by atoms with E-state index >= 15 is 0 Å². The van der Waals surface area contributed by atoms with E-state index in [-0.39, 0.29) is 18.0 Å². The van der Waals surface area contributed by atoms with Crippen LogP contribution in [0.2, 0.25) is 0 Å². The number of aryl methyl sites for hydroxylation is 2. The highest BCUT2D eigenvalue weighted by molar-refractivity contribution is 5.98. The van der Waals surface area contributed by atoms with Crippen LogP contribution in [0.5, 0.6) is 0 Å². The largest absolute Gasteiger partial charge is 0.348 e. The normalized spacial score (nSPS) is 12.7. The summed E-state index contributed by atoms with van der Waals surface area (Å²) in [7, 11) is 1.87. The van der Waals surface area contributed by atoms with Crippen molar-refractivity contribution in [3.05, 3.63) is 87.1 Å². The fourth-order valence-corrected chi connectivity index (χ4v) is 4.36. The van der Waals surface area contributed by atoms with Gasteiger partial charge in [0.25, 0.3) is 11.5 Å². The number of amides is 1. The van der Waals surface area contributed by atoms with Gasteiger partial charge in [-0.05, 0) is 37.1 Å². The van der Waals surface area contributed by atoms with Gasteiger partial charge in [0.2, 0.25) is 6.54 Å². The van der Waals surface area contributed by atoms with Gasteiger partial charge in [-0.15, -0.1) is 9.69 Å². The number of benzene rings is 1. The first-order valence-corrected chi connectivity index (χ1v) is 11.2. The van der Waals surface area contributed by atoms with Gasteiger partial charge in [-0.2, -0.15) is 5.10 Å². The molecule has 4 aromatic rings. The van der Waals surface area contributed by atoms with Gasteiger partial charge in [-0.3, -0.25) is 14.7 Å². The number of hydrogen-bond acceptors (Lipinski definition) is 5. The summed E-state index contributed by atoms with van der Waals surface area (Å²) in [5.74, 6) is 0.425. The molecular formula is C26H26N7O2+. The quantitative estimate of drug-likeness (QED) is 0.390. The van der Waals surface area contributed by atoms with E-state index in [1.807, 2.05) is 62.4 Å². The Bertz CT molecular complexity index is 1500. The lowest BCUT2D eigenvalue weighted by atomic mass is 10.0. The van der Waals surface area contributed by atoms with Gasteiger partial charge < -0.3 is 10.3 Å². The highest BCUT2D eigenvalue weighted by atomic mass is 16.2. The Kier molecular flexibility index (Phi) is 5.52. The number of hydrazone groups is 1. The minimum Gasteiger partial charge on any atom is -0.348 e. The highest BCUT2D eigenvalue weighted by Gasteiger charge is 2.33. The molecule has 1 aromatic carbocycles. The molecule has 35 heavy (non-hydrogen) atoms. The fourth-order valence-electron chi connectivity index (χ4n) is 4.36. The number of nitrogens with one attached hydrogen (secondary N) is 3. The Labute approximate surface area is 202 Å². The van der Waals surface area contributed by atoms with Crippen molar-refractivity contribution >= 4 is 18.4 Å². The maximum absolute atomic E-state index is 13.4. The second-order valence-electron chi connectivity index (χ2n) is 8.74. The molecule has 0 saturated carbocycles. The maximum atomic E-state index is 13.4. The van der Waals surface area contributed by atoms with Crippen molar-refractivity contribution < 1.29 is 9.48 Å². The van der Waals surface area contributed by atoms with Crippen molar-refractivity contribution in [2.24, 2.45) is 0 Å². The summed E-state index contributed by atoms with van der Waals surface area (Å²) in [5.41, 5.74) is 6.88. The summed E-state index contributed by atoms with van der Waals surface area (Å²) >= 11 is 0. The standard InChI is InChI=1S/C26H25N7O2/c1-15-9-16(2)30-26(35)21(15)13-27-25(34)20-10-23(31-24-22(20)14-32(3)33(24)4)18-7-5-17(6-8-18)19-11-28-29-12-19/h5-12H,3,13-14H2,1-2,4H3,(H2-,27,28,29,30,31,34,35)/p+1. The number of rotatable bonds is 5. The van der Waals surface area contributed by atoms with Crippen LogP contribution in [0.15, 0.2) is 53.6 Å². The lowest BCUT2D eigenvalue weighted by molar-refractivity contribution is -0.535. The molecule has 0 spiro atoms. The van der Waals surface area contributed by atoms with Crippen LogP contribution in [0, 0.1) is 13.8 Å². The Morgan fingerprint density at radius 1 is 1.17 bits per heavy atom. The highest BCUT2D eigenvalue weighted by Crippen LogP contribution is 2.33. The monoisotopic (exact) mass is 468 g/mol. The average molecular weight is 469 g/mol. The number of fused-ring (bicyclic) bond motifs is 1. The molecule has 1 aliphatic rings. The van der Waals surface area contributed by atoms with E-state index in [1.54, 1.807) is 16.9 Å². The van der Waals surface area contributed by atoms with E-state index in [2.05, 4.69) is 27.2 Å². The van der Waals surface area contributed by atoms with Crippen molar-refractivity contribution in [3.63, 3.8) is 0 Å². The molecule has 3 N–H and O–H groups in total. The lowest BCUT2D eigenvalue weighted by Gasteiger charge is -2.12. The van der Waals surface area contributed by atoms with E-state index in [0.717, 1.165) is 33.5 Å². The number of aromatic amines is 2. The molecule has 0 unspecified atom stereocenters. The molecule has 5 rings (SSSR count). The van der Waals surface area contributed by atoms with Crippen LogP contribution in [-0.2, 0) is 13.1 Å². The van der Waals surface area contributed by atoms with Crippen molar-refractivity contribution in [2.45, 2.75) is 26.9 Å². The molecule has 0 bridgehead atoms. The van der Waals surface area contributed by atoms with E-state index < -0.39 is 0 Å². The van der Waals surface area contributed by atoms with Crippen molar-refractivity contribution in [2.75, 3.05) is 12.1 Å². The summed E-state index contributed by atoms with van der Waals surface area (Å²) < 4.78 is 1.76. The first kappa shape index (κ1) is 22.3. The van der Waals surface area contributed by atoms with Crippen LogP contribution >= 0.6 is 0 Å². The van der Waals surface area contributed by atoms with Crippen LogP contribution < -0.4 is 15.9 Å². The molecular weight excluding hydrogens is 442 g/mol. The topological polar surface area (TPSA) is 110 Å². The number of nitrogens with zero attached hydrogens (tertiary/aromatic N) is 4. The molecule has 0 atom stereocenters. The number of H-pyrrole nitrogens is 2. The maximum Gasteiger partial charge on any atom is 0.253 e. The number of pyridine rings is 2. The Morgan fingerprint density at radius 3 is 2.60 bits per heavy atom. The van der Waals surface area contributed by atoms with Crippen LogP contribution in [0.1, 0.15) is 32.7 Å². The number of hydrazine groups is 1. The van der Waals surface area contributed by atoms with Crippen LogP contribution in [0.3, 0.4) is 0 Å². The second kappa shape index (κ2) is 8.68. The molecule has 1 aliphatic heterocycles. The zero-order valence-corrected chi connectivity index (χ0v) is 19.8. The van der Waals surface area contributed by atoms with Gasteiger partial charge >= 0.3 is 0 Å². The molecule has 0 fully saturated rings. The third kappa shape index (κ3) is 4.12. The summed E-state index contributed by atoms with van der Waals surface area (Å²) in [5, 5.41) is 11.6. The third-order valence-electron chi connectivity index (χ3n) is 6.35. The predicted octanol–water partition coefficient (Wildman–Crippen LogP) is 2.95. The first-order chi connectivity index (χ1) is 16.8. The number of carbonyl (C=O) groups excluding carboxylic acids is 1. The lowest BCUT2D eigenvalue weighted by Crippen LogP contribution is -2.28. The Balaban J connectivity index is 1.49. The first-order valence-electron chi connectivity index (χ1n) is 11.2. The molecule has 4 heterocycles. The van der Waals surface area contributed by atoms with Gasteiger partial charge in [0.05, 0.1) is 30.1 Å².